The van der Waals surface area contributed by atoms with Crippen molar-refractivity contribution in [2.75, 3.05) is 37.6 Å². The van der Waals surface area contributed by atoms with Crippen LogP contribution >= 0.6 is 12.4 Å². The lowest BCUT2D eigenvalue weighted by Crippen LogP contribution is -2.76. The van der Waals surface area contributed by atoms with Gasteiger partial charge in [0.05, 0.1) is 16.5 Å². The van der Waals surface area contributed by atoms with Gasteiger partial charge in [0.2, 0.25) is 10.0 Å². The summed E-state index contributed by atoms with van der Waals surface area (Å²) in [6.45, 7) is 3.34. The van der Waals surface area contributed by atoms with Gasteiger partial charge in [0.1, 0.15) is 0 Å². The summed E-state index contributed by atoms with van der Waals surface area (Å²) in [6.07, 6.45) is 1.28. The van der Waals surface area contributed by atoms with E-state index in [2.05, 4.69) is 21.3 Å². The fraction of sp³-hybridized carbons (Fsp3) is 0.391. The summed E-state index contributed by atoms with van der Waals surface area (Å²) < 4.78 is 28.7. The molecule has 4 heterocycles. The number of nitrogens with one attached hydrogen (secondary N) is 2. The molecule has 0 saturated carbocycles. The van der Waals surface area contributed by atoms with E-state index in [1.165, 1.54) is 0 Å². The van der Waals surface area contributed by atoms with Crippen molar-refractivity contribution in [3.05, 3.63) is 48.5 Å². The predicted molar refractivity (Wildman–Crippen MR) is 128 cm³/mol. The van der Waals surface area contributed by atoms with Gasteiger partial charge >= 0.3 is 0 Å². The molecule has 0 aliphatic carbocycles. The highest BCUT2D eigenvalue weighted by Gasteiger charge is 2.55. The number of hydrogen-bond acceptors (Lipinski definition) is 5. The molecule has 1 aromatic heterocycles. The minimum absolute atomic E-state index is 0. The second-order valence-corrected chi connectivity index (χ2v) is 10.9. The van der Waals surface area contributed by atoms with Crippen molar-refractivity contribution in [2.45, 2.75) is 29.4 Å². The molecule has 3 fully saturated rings. The zero-order valence-corrected chi connectivity index (χ0v) is 19.3. The van der Waals surface area contributed by atoms with Gasteiger partial charge in [-0.3, -0.25) is 0 Å². The largest absolute Gasteiger partial charge is 0.391 e. The number of sulfonamides is 1. The van der Waals surface area contributed by atoms with Crippen molar-refractivity contribution in [2.24, 2.45) is 0 Å². The third-order valence-corrected chi connectivity index (χ3v) is 9.10. The number of fused-ring (bicyclic) bond motifs is 1. The summed E-state index contributed by atoms with van der Waals surface area (Å²) >= 11 is 0. The van der Waals surface area contributed by atoms with E-state index in [0.717, 1.165) is 60.3 Å². The van der Waals surface area contributed by atoms with E-state index in [9.17, 15) is 13.5 Å². The molecule has 32 heavy (non-hydrogen) atoms. The van der Waals surface area contributed by atoms with Crippen LogP contribution < -0.4 is 10.2 Å². The summed E-state index contributed by atoms with van der Waals surface area (Å²) in [6, 6.07) is 15.5. The average Bonchev–Trinajstić information content (AvgIpc) is 3.31. The first kappa shape index (κ1) is 21.7. The van der Waals surface area contributed by atoms with Gasteiger partial charge in [-0.2, -0.15) is 4.31 Å². The van der Waals surface area contributed by atoms with Crippen LogP contribution in [-0.2, 0) is 10.0 Å². The maximum atomic E-state index is 13.5. The van der Waals surface area contributed by atoms with Gasteiger partial charge in [-0.15, -0.1) is 12.4 Å². The SMILES string of the molecule is Cl.O=S(=O)(c1ccc(N2CC[C@H](O)C2)c(-c2cc3ccccc3[nH]2)c1)N1CCC12CNC2. The number of aromatic nitrogens is 1. The smallest absolute Gasteiger partial charge is 0.243 e. The highest BCUT2D eigenvalue weighted by atomic mass is 35.5. The Morgan fingerprint density at radius 1 is 1.06 bits per heavy atom. The van der Waals surface area contributed by atoms with Crippen LogP contribution in [0.2, 0.25) is 0 Å². The number of aromatic amines is 1. The van der Waals surface area contributed by atoms with Crippen molar-refractivity contribution in [3.63, 3.8) is 0 Å². The molecule has 0 amide bonds. The minimum atomic E-state index is -3.57. The predicted octanol–water partition coefficient (Wildman–Crippen LogP) is 2.56. The van der Waals surface area contributed by atoms with E-state index < -0.39 is 10.0 Å². The number of para-hydroxylation sites is 1. The third-order valence-electron chi connectivity index (χ3n) is 7.10. The van der Waals surface area contributed by atoms with E-state index in [4.69, 9.17) is 0 Å². The first-order valence-electron chi connectivity index (χ1n) is 10.9. The topological polar surface area (TPSA) is 88.7 Å². The van der Waals surface area contributed by atoms with Crippen LogP contribution in [0, 0.1) is 0 Å². The Bertz CT molecular complexity index is 1230. The zero-order chi connectivity index (χ0) is 21.2. The van der Waals surface area contributed by atoms with Gasteiger partial charge in [-0.1, -0.05) is 18.2 Å². The Morgan fingerprint density at radius 3 is 2.50 bits per heavy atom. The van der Waals surface area contributed by atoms with Crippen LogP contribution in [0.3, 0.4) is 0 Å². The molecule has 9 heteroatoms. The summed E-state index contributed by atoms with van der Waals surface area (Å²) in [5.41, 5.74) is 3.47. The van der Waals surface area contributed by atoms with E-state index in [-0.39, 0.29) is 24.0 Å². The number of nitrogens with zero attached hydrogens (tertiary/aromatic N) is 2. The van der Waals surface area contributed by atoms with Gasteiger partial charge in [-0.05, 0) is 43.2 Å². The summed E-state index contributed by atoms with van der Waals surface area (Å²) in [7, 11) is -3.57. The van der Waals surface area contributed by atoms with Crippen molar-refractivity contribution in [3.8, 4) is 11.3 Å². The van der Waals surface area contributed by atoms with Crippen molar-refractivity contribution in [1.82, 2.24) is 14.6 Å². The molecule has 0 unspecified atom stereocenters. The number of anilines is 1. The number of rotatable bonds is 4. The maximum absolute atomic E-state index is 13.5. The molecule has 3 aromatic rings. The number of hydrogen-bond donors (Lipinski definition) is 3. The quantitative estimate of drug-likeness (QED) is 0.541. The molecule has 2 aromatic carbocycles. The Kier molecular flexibility index (Phi) is 5.26. The molecule has 6 rings (SSSR count). The lowest BCUT2D eigenvalue weighted by Gasteiger charge is -2.57. The molecule has 3 N–H and O–H groups in total. The number of halogens is 1. The summed E-state index contributed by atoms with van der Waals surface area (Å²) in [5, 5.41) is 14.4. The summed E-state index contributed by atoms with van der Waals surface area (Å²) in [4.78, 5) is 5.92. The van der Waals surface area contributed by atoms with E-state index in [0.29, 0.717) is 18.0 Å². The molecule has 1 spiro atoms. The second kappa shape index (κ2) is 7.74. The molecule has 3 aliphatic rings. The molecule has 0 bridgehead atoms. The van der Waals surface area contributed by atoms with Crippen LogP contribution in [0.1, 0.15) is 12.8 Å². The first-order chi connectivity index (χ1) is 15.0. The molecule has 7 nitrogen and oxygen atoms in total. The van der Waals surface area contributed by atoms with Crippen molar-refractivity contribution < 1.29 is 13.5 Å². The summed E-state index contributed by atoms with van der Waals surface area (Å²) in [5.74, 6) is 0. The lowest BCUT2D eigenvalue weighted by molar-refractivity contribution is 0.0199. The number of aliphatic hydroxyl groups excluding tert-OH is 1. The van der Waals surface area contributed by atoms with Crippen LogP contribution in [0.4, 0.5) is 5.69 Å². The van der Waals surface area contributed by atoms with Crippen molar-refractivity contribution in [1.29, 1.82) is 0 Å². The fourth-order valence-corrected chi connectivity index (χ4v) is 6.96. The van der Waals surface area contributed by atoms with E-state index >= 15 is 0 Å². The normalized spacial score (nSPS) is 22.5. The monoisotopic (exact) mass is 474 g/mol. The molecule has 0 radical (unpaired) electrons. The maximum Gasteiger partial charge on any atom is 0.243 e. The highest BCUT2D eigenvalue weighted by Crippen LogP contribution is 2.41. The highest BCUT2D eigenvalue weighted by molar-refractivity contribution is 7.89. The number of benzene rings is 2. The Hall–Kier alpha value is -2.10. The van der Waals surface area contributed by atoms with Gasteiger partial charge < -0.3 is 20.3 Å². The Labute approximate surface area is 193 Å². The zero-order valence-electron chi connectivity index (χ0n) is 17.6. The van der Waals surface area contributed by atoms with Gasteiger partial charge in [0, 0.05) is 60.6 Å². The van der Waals surface area contributed by atoms with E-state index in [1.807, 2.05) is 30.3 Å². The van der Waals surface area contributed by atoms with Crippen LogP contribution in [-0.4, -0.2) is 67.2 Å². The molecule has 1 atom stereocenters. The van der Waals surface area contributed by atoms with E-state index in [1.54, 1.807) is 16.4 Å². The number of β-amino-alcohol motifs (C(OH)–C–C–N with tert-alkyl or cyclic N) is 1. The van der Waals surface area contributed by atoms with Crippen LogP contribution in [0.15, 0.2) is 53.4 Å². The second-order valence-electron chi connectivity index (χ2n) is 8.99. The molecule has 170 valence electrons. The molecular formula is C23H27ClN4O3S. The molecular weight excluding hydrogens is 448 g/mol. The van der Waals surface area contributed by atoms with Gasteiger partial charge in [0.15, 0.2) is 0 Å². The number of aliphatic hydroxyl groups is 1. The van der Waals surface area contributed by atoms with Crippen LogP contribution in [0.5, 0.6) is 0 Å². The van der Waals surface area contributed by atoms with Gasteiger partial charge in [-0.25, -0.2) is 8.42 Å². The average molecular weight is 475 g/mol. The first-order valence-corrected chi connectivity index (χ1v) is 12.3. The lowest BCUT2D eigenvalue weighted by atomic mass is 9.82. The minimum Gasteiger partial charge on any atom is -0.391 e. The Balaban J connectivity index is 0.00000216. The molecule has 3 saturated heterocycles. The van der Waals surface area contributed by atoms with Gasteiger partial charge in [0.25, 0.3) is 0 Å². The standard InChI is InChI=1S/C23H26N4O3S.ClH/c28-17-7-9-26(13-17)22-6-5-18(31(29,30)27-10-8-23(27)14-24-15-23)12-19(22)21-11-16-3-1-2-4-20(16)25-21;/h1-6,11-12,17,24-25,28H,7-10,13-15H2;1H/t17-;/m0./s1. The molecule has 3 aliphatic heterocycles. The van der Waals surface area contributed by atoms with Crippen LogP contribution in [0.25, 0.3) is 22.2 Å². The number of H-pyrrole nitrogens is 1. The third kappa shape index (κ3) is 3.24. The van der Waals surface area contributed by atoms with Crippen molar-refractivity contribution >= 4 is 39.0 Å². The fourth-order valence-electron chi connectivity index (χ4n) is 5.13. The Morgan fingerprint density at radius 2 is 1.88 bits per heavy atom.